The van der Waals surface area contributed by atoms with E-state index in [1.807, 2.05) is 33.7 Å². The lowest BCUT2D eigenvalue weighted by molar-refractivity contribution is -0.141. The second kappa shape index (κ2) is 12.7. The Balaban J connectivity index is 1.22. The molecular formula is C30H42IN5O4Si. The molecule has 0 spiro atoms. The van der Waals surface area contributed by atoms with Gasteiger partial charge in [0.2, 0.25) is 5.91 Å². The minimum Gasteiger partial charge on any atom is -0.388 e. The van der Waals surface area contributed by atoms with E-state index in [9.17, 15) is 14.7 Å². The van der Waals surface area contributed by atoms with Gasteiger partial charge in [0.25, 0.3) is 5.56 Å². The maximum absolute atomic E-state index is 13.6. The van der Waals surface area contributed by atoms with Gasteiger partial charge in [-0.3, -0.25) is 18.7 Å². The molecule has 0 aliphatic carbocycles. The zero-order valence-electron chi connectivity index (χ0n) is 24.3. The predicted octanol–water partition coefficient (Wildman–Crippen LogP) is 3.86. The number of likely N-dealkylation sites (tertiary alicyclic amines) is 1. The topological polar surface area (TPSA) is 102 Å². The molecule has 222 valence electrons. The lowest BCUT2D eigenvalue weighted by Crippen LogP contribution is -2.52. The lowest BCUT2D eigenvalue weighted by atomic mass is 9.80. The molecule has 1 aromatic carbocycles. The van der Waals surface area contributed by atoms with Crippen LogP contribution in [0.4, 0.5) is 0 Å². The number of amides is 1. The Morgan fingerprint density at radius 3 is 2.66 bits per heavy atom. The van der Waals surface area contributed by atoms with E-state index >= 15 is 0 Å². The first-order valence-electron chi connectivity index (χ1n) is 14.6. The highest BCUT2D eigenvalue weighted by Gasteiger charge is 2.39. The number of nitrogens with zero attached hydrogens (tertiary/aromatic N) is 4. The van der Waals surface area contributed by atoms with Crippen molar-refractivity contribution < 1.29 is 14.6 Å². The maximum atomic E-state index is 13.6. The van der Waals surface area contributed by atoms with Crippen molar-refractivity contribution in [1.29, 1.82) is 0 Å². The molecule has 3 aromatic rings. The summed E-state index contributed by atoms with van der Waals surface area (Å²) in [5.41, 5.74) is 0.557. The molecule has 9 nitrogen and oxygen atoms in total. The van der Waals surface area contributed by atoms with Crippen LogP contribution in [0.2, 0.25) is 25.7 Å². The van der Waals surface area contributed by atoms with Gasteiger partial charge < -0.3 is 20.1 Å². The highest BCUT2D eigenvalue weighted by molar-refractivity contribution is 14.1. The van der Waals surface area contributed by atoms with Crippen LogP contribution < -0.4 is 10.9 Å². The number of hydrogen-bond acceptors (Lipinski definition) is 6. The number of aromatic nitrogens is 3. The molecule has 11 heteroatoms. The van der Waals surface area contributed by atoms with Crippen LogP contribution in [-0.4, -0.2) is 76.5 Å². The van der Waals surface area contributed by atoms with Gasteiger partial charge in [-0.1, -0.05) is 50.0 Å². The Bertz CT molecular complexity index is 1410. The van der Waals surface area contributed by atoms with Crippen molar-refractivity contribution in [2.24, 2.45) is 5.92 Å². The van der Waals surface area contributed by atoms with Crippen LogP contribution in [-0.2, 0) is 22.8 Å². The van der Waals surface area contributed by atoms with Crippen LogP contribution in [0.1, 0.15) is 30.7 Å². The first kappa shape index (κ1) is 30.4. The summed E-state index contributed by atoms with van der Waals surface area (Å²) in [4.78, 5) is 33.5. The number of carbonyl (C=O) groups is 1. The van der Waals surface area contributed by atoms with Crippen molar-refractivity contribution >= 4 is 47.6 Å². The minimum atomic E-state index is -1.18. The normalized spacial score (nSPS) is 21.3. The lowest BCUT2D eigenvalue weighted by Gasteiger charge is -2.41. The molecule has 0 radical (unpaired) electrons. The summed E-state index contributed by atoms with van der Waals surface area (Å²) in [5.74, 6) is 0.256. The average Bonchev–Trinajstić information content (AvgIpc) is 3.28. The number of ether oxygens (including phenoxy) is 1. The molecule has 2 aromatic heterocycles. The molecule has 0 unspecified atom stereocenters. The van der Waals surface area contributed by atoms with Crippen molar-refractivity contribution in [2.45, 2.75) is 69.7 Å². The number of benzene rings is 1. The van der Waals surface area contributed by atoms with Crippen LogP contribution >= 0.6 is 22.6 Å². The van der Waals surface area contributed by atoms with Gasteiger partial charge in [-0.2, -0.15) is 0 Å². The molecule has 2 saturated heterocycles. The number of halogens is 1. The predicted molar refractivity (Wildman–Crippen MR) is 172 cm³/mol. The molecule has 2 aliphatic heterocycles. The number of aliphatic hydroxyl groups is 1. The third-order valence-electron chi connectivity index (χ3n) is 8.54. The second-order valence-corrected chi connectivity index (χ2v) is 19.6. The summed E-state index contributed by atoms with van der Waals surface area (Å²) in [6, 6.07) is 13.2. The van der Waals surface area contributed by atoms with E-state index in [1.165, 1.54) is 16.5 Å². The van der Waals surface area contributed by atoms with Crippen molar-refractivity contribution in [3.63, 3.8) is 0 Å². The summed E-state index contributed by atoms with van der Waals surface area (Å²) in [6.45, 7) is 10.8. The van der Waals surface area contributed by atoms with Crippen LogP contribution in [0.5, 0.6) is 0 Å². The third-order valence-corrected chi connectivity index (χ3v) is 11.1. The number of piperidine rings is 2. The van der Waals surface area contributed by atoms with Crippen LogP contribution in [0.15, 0.2) is 47.5 Å². The summed E-state index contributed by atoms with van der Waals surface area (Å²) in [7, 11) is -1.18. The quantitative estimate of drug-likeness (QED) is 0.201. The summed E-state index contributed by atoms with van der Waals surface area (Å²) in [6.07, 6.45) is 3.19. The van der Waals surface area contributed by atoms with E-state index < -0.39 is 13.7 Å². The number of hydrogen-bond donors (Lipinski definition) is 2. The summed E-state index contributed by atoms with van der Waals surface area (Å²) >= 11 is 2.21. The van der Waals surface area contributed by atoms with Crippen LogP contribution in [0, 0.1) is 9.62 Å². The van der Waals surface area contributed by atoms with Gasteiger partial charge in [-0.05, 0) is 66.1 Å². The van der Waals surface area contributed by atoms with Crippen molar-refractivity contribution in [3.8, 4) is 0 Å². The van der Waals surface area contributed by atoms with Crippen LogP contribution in [0.3, 0.4) is 0 Å². The molecule has 2 N–H and O–H groups in total. The van der Waals surface area contributed by atoms with E-state index in [2.05, 4.69) is 64.7 Å². The zero-order valence-corrected chi connectivity index (χ0v) is 27.5. The number of rotatable bonds is 9. The molecule has 41 heavy (non-hydrogen) atoms. The van der Waals surface area contributed by atoms with E-state index in [0.29, 0.717) is 50.3 Å². The highest BCUT2D eigenvalue weighted by atomic mass is 127. The number of fused-ring (bicyclic) bond motifs is 1. The van der Waals surface area contributed by atoms with Crippen molar-refractivity contribution in [3.05, 3.63) is 62.3 Å². The summed E-state index contributed by atoms with van der Waals surface area (Å²) in [5, 5.41) is 15.4. The Morgan fingerprint density at radius 2 is 1.95 bits per heavy atom. The van der Waals surface area contributed by atoms with Gasteiger partial charge >= 0.3 is 0 Å². The smallest absolute Gasteiger partial charge is 0.262 e. The molecule has 2 aliphatic rings. The van der Waals surface area contributed by atoms with Crippen LogP contribution in [0.25, 0.3) is 11.0 Å². The minimum absolute atomic E-state index is 0.0647. The molecule has 0 saturated carbocycles. The monoisotopic (exact) mass is 691 g/mol. The van der Waals surface area contributed by atoms with Crippen molar-refractivity contribution in [1.82, 2.24) is 24.3 Å². The van der Waals surface area contributed by atoms with Gasteiger partial charge in [0.15, 0.2) is 0 Å². The van der Waals surface area contributed by atoms with Crippen molar-refractivity contribution in [2.75, 3.05) is 32.8 Å². The maximum Gasteiger partial charge on any atom is 0.262 e. The fourth-order valence-corrected chi connectivity index (χ4v) is 7.40. The largest absolute Gasteiger partial charge is 0.388 e. The fraction of sp³-hybridized carbons (Fsp3) is 0.567. The van der Waals surface area contributed by atoms with E-state index in [1.54, 1.807) is 0 Å². The first-order valence-corrected chi connectivity index (χ1v) is 19.4. The Hall–Kier alpha value is -2.06. The van der Waals surface area contributed by atoms with Gasteiger partial charge in [-0.25, -0.2) is 4.98 Å². The number of nitrogens with one attached hydrogen (secondary N) is 1. The SMILES string of the molecule is C[Si](C)(C)CCOCn1c(I)cc2c(=O)n(CC3(O)CCN(C(=O)[C@@H]4CCNC[C@H]4c4ccccc4)CC3)cnc21. The molecule has 2 fully saturated rings. The molecule has 0 bridgehead atoms. The Labute approximate surface area is 256 Å². The fourth-order valence-electron chi connectivity index (χ4n) is 5.96. The Kier molecular flexibility index (Phi) is 9.39. The van der Waals surface area contributed by atoms with Gasteiger partial charge in [-0.15, -0.1) is 0 Å². The van der Waals surface area contributed by atoms with E-state index in [4.69, 9.17) is 4.74 Å². The van der Waals surface area contributed by atoms with Gasteiger partial charge in [0.05, 0.1) is 21.2 Å². The average molecular weight is 692 g/mol. The molecule has 1 amide bonds. The first-order chi connectivity index (χ1) is 19.5. The third kappa shape index (κ3) is 7.12. The molecule has 4 heterocycles. The standard InChI is InChI=1S/C30H42IN5O4Si/c1-41(2,3)16-15-40-21-36-26(31)17-24-27(36)33-20-35(29(24)38)19-30(39)10-13-34(14-11-30)28(37)23-9-12-32-18-25(23)22-7-5-4-6-8-22/h4-8,17,20,23,25,32,39H,9-16,18-19,21H2,1-3H3/t23-,25+/m1/s1. The second-order valence-electron chi connectivity index (χ2n) is 12.8. The molecule has 5 rings (SSSR count). The Morgan fingerprint density at radius 1 is 1.22 bits per heavy atom. The highest BCUT2D eigenvalue weighted by Crippen LogP contribution is 2.33. The van der Waals surface area contributed by atoms with E-state index in [-0.39, 0.29) is 29.8 Å². The number of carbonyl (C=O) groups excluding carboxylic acids is 1. The zero-order chi connectivity index (χ0) is 29.2. The summed E-state index contributed by atoms with van der Waals surface area (Å²) < 4.78 is 10.3. The van der Waals surface area contributed by atoms with Gasteiger partial charge in [0.1, 0.15) is 18.7 Å². The van der Waals surface area contributed by atoms with E-state index in [0.717, 1.165) is 29.3 Å². The molecular weight excluding hydrogens is 649 g/mol. The molecule has 2 atom stereocenters. The van der Waals surface area contributed by atoms with Gasteiger partial charge in [0, 0.05) is 46.2 Å².